The van der Waals surface area contributed by atoms with Crippen LogP contribution in [0.5, 0.6) is 5.75 Å². The van der Waals surface area contributed by atoms with Crippen LogP contribution in [0.3, 0.4) is 0 Å². The van der Waals surface area contributed by atoms with Crippen molar-refractivity contribution in [3.05, 3.63) is 65.5 Å². The van der Waals surface area contributed by atoms with E-state index in [1.807, 2.05) is 6.92 Å². The first-order chi connectivity index (χ1) is 16.0. The van der Waals surface area contributed by atoms with E-state index in [0.29, 0.717) is 32.0 Å². The highest BCUT2D eigenvalue weighted by Crippen LogP contribution is 2.47. The lowest BCUT2D eigenvalue weighted by molar-refractivity contribution is -0.480. The summed E-state index contributed by atoms with van der Waals surface area (Å²) in [5.74, 6) is -7.37. The SMILES string of the molecule is CCCC12COC(c3ccc(-c4cc(F)c(OC(F)(F)C=C(F)F)c(F)c4)c(F)c3)(OC1)OC2. The Hall–Kier alpha value is -2.63. The van der Waals surface area contributed by atoms with Gasteiger partial charge in [0.15, 0.2) is 17.4 Å². The molecule has 3 aliphatic rings. The van der Waals surface area contributed by atoms with E-state index in [9.17, 15) is 30.7 Å². The van der Waals surface area contributed by atoms with Gasteiger partial charge in [0.1, 0.15) is 5.82 Å². The van der Waals surface area contributed by atoms with Crippen LogP contribution in [-0.4, -0.2) is 25.9 Å². The largest absolute Gasteiger partial charge is 0.425 e. The summed E-state index contributed by atoms with van der Waals surface area (Å²) in [5, 5.41) is 0. The summed E-state index contributed by atoms with van der Waals surface area (Å²) in [4.78, 5) is 0. The zero-order chi connectivity index (χ0) is 24.7. The number of alkyl halides is 2. The molecule has 11 heteroatoms. The third kappa shape index (κ3) is 4.64. The summed E-state index contributed by atoms with van der Waals surface area (Å²) in [5.41, 5.74) is -0.676. The van der Waals surface area contributed by atoms with Crippen molar-refractivity contribution >= 4 is 0 Å². The van der Waals surface area contributed by atoms with E-state index in [0.717, 1.165) is 18.9 Å². The predicted octanol–water partition coefficient (Wildman–Crippen LogP) is 6.50. The predicted molar refractivity (Wildman–Crippen MR) is 105 cm³/mol. The van der Waals surface area contributed by atoms with Gasteiger partial charge in [-0.05, 0) is 30.2 Å². The van der Waals surface area contributed by atoms with Gasteiger partial charge >= 0.3 is 12.1 Å². The Labute approximate surface area is 189 Å². The Morgan fingerprint density at radius 3 is 2.06 bits per heavy atom. The molecule has 0 unspecified atom stereocenters. The van der Waals surface area contributed by atoms with E-state index in [4.69, 9.17) is 14.2 Å². The van der Waals surface area contributed by atoms with Crippen LogP contribution >= 0.6 is 0 Å². The Kier molecular flexibility index (Phi) is 6.38. The van der Waals surface area contributed by atoms with Gasteiger partial charge in [-0.2, -0.15) is 17.6 Å². The maximum atomic E-state index is 14.9. The lowest BCUT2D eigenvalue weighted by Crippen LogP contribution is -2.58. The van der Waals surface area contributed by atoms with Crippen LogP contribution in [0, 0.1) is 22.9 Å². The Bertz CT molecular complexity index is 1070. The Morgan fingerprint density at radius 1 is 0.971 bits per heavy atom. The summed E-state index contributed by atoms with van der Waals surface area (Å²) >= 11 is 0. The molecule has 2 aromatic carbocycles. The minimum atomic E-state index is -4.66. The van der Waals surface area contributed by atoms with E-state index < -0.39 is 47.4 Å². The number of hydrogen-bond acceptors (Lipinski definition) is 4. The molecule has 0 amide bonds. The van der Waals surface area contributed by atoms with Crippen molar-refractivity contribution in [1.82, 2.24) is 0 Å². The minimum Gasteiger partial charge on any atom is -0.423 e. The van der Waals surface area contributed by atoms with Crippen LogP contribution < -0.4 is 4.74 Å². The minimum absolute atomic E-state index is 0.194. The van der Waals surface area contributed by atoms with Crippen LogP contribution in [-0.2, 0) is 20.2 Å². The Morgan fingerprint density at radius 2 is 1.56 bits per heavy atom. The molecule has 0 N–H and O–H groups in total. The summed E-state index contributed by atoms with van der Waals surface area (Å²) in [6, 6.07) is 4.70. The van der Waals surface area contributed by atoms with Gasteiger partial charge in [-0.15, -0.1) is 0 Å². The van der Waals surface area contributed by atoms with E-state index >= 15 is 0 Å². The maximum absolute atomic E-state index is 14.9. The molecule has 2 bridgehead atoms. The average molecular weight is 492 g/mol. The van der Waals surface area contributed by atoms with Gasteiger partial charge in [0.05, 0.1) is 25.9 Å². The third-order valence-electron chi connectivity index (χ3n) is 5.63. The zero-order valence-electron chi connectivity index (χ0n) is 17.8. The molecular weight excluding hydrogens is 473 g/mol. The second-order valence-corrected chi connectivity index (χ2v) is 8.23. The summed E-state index contributed by atoms with van der Waals surface area (Å²) < 4.78 is 115. The molecule has 184 valence electrons. The molecule has 3 aliphatic heterocycles. The van der Waals surface area contributed by atoms with Crippen molar-refractivity contribution in [1.29, 1.82) is 0 Å². The molecule has 34 heavy (non-hydrogen) atoms. The monoisotopic (exact) mass is 492 g/mol. The number of benzene rings is 2. The zero-order valence-corrected chi connectivity index (χ0v) is 17.8. The molecule has 0 spiro atoms. The van der Waals surface area contributed by atoms with Crippen LogP contribution in [0.25, 0.3) is 11.1 Å². The highest BCUT2D eigenvalue weighted by molar-refractivity contribution is 5.66. The molecule has 4 nitrogen and oxygen atoms in total. The molecular formula is C23H19F7O4. The number of ether oxygens (including phenoxy) is 4. The summed E-state index contributed by atoms with van der Waals surface area (Å²) in [7, 11) is 0. The summed E-state index contributed by atoms with van der Waals surface area (Å²) in [6.07, 6.45) is -6.62. The van der Waals surface area contributed by atoms with Gasteiger partial charge in [-0.1, -0.05) is 25.5 Å². The first-order valence-corrected chi connectivity index (χ1v) is 10.3. The van der Waals surface area contributed by atoms with Gasteiger partial charge in [-0.25, -0.2) is 13.2 Å². The van der Waals surface area contributed by atoms with Crippen LogP contribution in [0.4, 0.5) is 30.7 Å². The maximum Gasteiger partial charge on any atom is 0.425 e. The average Bonchev–Trinajstić information content (AvgIpc) is 2.76. The number of hydrogen-bond donors (Lipinski definition) is 0. The first kappa shape index (κ1) is 24.5. The molecule has 0 saturated carbocycles. The topological polar surface area (TPSA) is 36.9 Å². The molecule has 0 atom stereocenters. The van der Waals surface area contributed by atoms with Crippen molar-refractivity contribution in [2.45, 2.75) is 31.8 Å². The lowest BCUT2D eigenvalue weighted by atomic mass is 9.83. The van der Waals surface area contributed by atoms with Crippen molar-refractivity contribution in [3.63, 3.8) is 0 Å². The fraction of sp³-hybridized carbons (Fsp3) is 0.391. The molecule has 0 aromatic heterocycles. The second kappa shape index (κ2) is 8.86. The number of halogens is 7. The van der Waals surface area contributed by atoms with Crippen LogP contribution in [0.15, 0.2) is 42.5 Å². The molecule has 5 rings (SSSR count). The van der Waals surface area contributed by atoms with Crippen molar-refractivity contribution < 1.29 is 49.7 Å². The molecule has 3 saturated heterocycles. The second-order valence-electron chi connectivity index (χ2n) is 8.23. The molecule has 2 aromatic rings. The van der Waals surface area contributed by atoms with Crippen LogP contribution in [0.2, 0.25) is 0 Å². The quantitative estimate of drug-likeness (QED) is 0.414. The fourth-order valence-electron chi connectivity index (χ4n) is 4.04. The van der Waals surface area contributed by atoms with E-state index in [2.05, 4.69) is 4.74 Å². The standard InChI is InChI=1S/C23H19F7O4/c1-2-5-21-10-31-23(32-11-21,33-12-21)14-3-4-15(16(24)8-14)13-6-17(25)20(18(26)7-13)34-22(29,30)9-19(27)28/h3-4,6-9H,2,5,10-12H2,1H3. The molecule has 0 radical (unpaired) electrons. The van der Waals surface area contributed by atoms with Gasteiger partial charge in [-0.3, -0.25) is 0 Å². The Balaban J connectivity index is 1.59. The first-order valence-electron chi connectivity index (χ1n) is 10.3. The number of fused-ring (bicyclic) bond motifs is 3. The lowest BCUT2D eigenvalue weighted by Gasteiger charge is -2.51. The highest BCUT2D eigenvalue weighted by Gasteiger charge is 2.53. The van der Waals surface area contributed by atoms with Gasteiger partial charge in [0.25, 0.3) is 6.08 Å². The van der Waals surface area contributed by atoms with Gasteiger partial charge < -0.3 is 18.9 Å². The normalized spacial score (nSPS) is 24.2. The van der Waals surface area contributed by atoms with E-state index in [1.165, 1.54) is 12.1 Å². The molecule has 3 heterocycles. The van der Waals surface area contributed by atoms with Gasteiger partial charge in [0, 0.05) is 16.5 Å². The smallest absolute Gasteiger partial charge is 0.423 e. The molecule has 0 aliphatic carbocycles. The van der Waals surface area contributed by atoms with Crippen molar-refractivity contribution in [3.8, 4) is 16.9 Å². The number of rotatable bonds is 7. The fourth-order valence-corrected chi connectivity index (χ4v) is 4.04. The van der Waals surface area contributed by atoms with E-state index in [-0.39, 0.29) is 22.1 Å². The third-order valence-corrected chi connectivity index (χ3v) is 5.63. The highest BCUT2D eigenvalue weighted by atomic mass is 19.3. The van der Waals surface area contributed by atoms with Crippen molar-refractivity contribution in [2.75, 3.05) is 19.8 Å². The van der Waals surface area contributed by atoms with Crippen molar-refractivity contribution in [2.24, 2.45) is 5.41 Å². The van der Waals surface area contributed by atoms with Gasteiger partial charge in [0.2, 0.25) is 0 Å². The van der Waals surface area contributed by atoms with E-state index in [1.54, 1.807) is 0 Å². The summed E-state index contributed by atoms with van der Waals surface area (Å²) in [6.45, 7) is 3.09. The van der Waals surface area contributed by atoms with Crippen LogP contribution in [0.1, 0.15) is 25.3 Å². The molecule has 3 fully saturated rings.